The SMILES string of the molecule is Cc1cc(C)cc(Cc2nc3c(c(=O)[nH]2)CCCN3)c1. The van der Waals surface area contributed by atoms with E-state index in [4.69, 9.17) is 0 Å². The van der Waals surface area contributed by atoms with Gasteiger partial charge in [-0.2, -0.15) is 0 Å². The third kappa shape index (κ3) is 2.59. The molecule has 1 aliphatic heterocycles. The molecule has 0 atom stereocenters. The predicted octanol–water partition coefficient (Wildman–Crippen LogP) is 2.34. The van der Waals surface area contributed by atoms with Crippen molar-refractivity contribution in [1.82, 2.24) is 9.97 Å². The molecule has 104 valence electrons. The van der Waals surface area contributed by atoms with E-state index in [2.05, 4.69) is 47.3 Å². The molecule has 0 amide bonds. The first-order valence-corrected chi connectivity index (χ1v) is 7.05. The molecule has 2 heterocycles. The van der Waals surface area contributed by atoms with E-state index >= 15 is 0 Å². The quantitative estimate of drug-likeness (QED) is 0.879. The summed E-state index contributed by atoms with van der Waals surface area (Å²) in [5, 5.41) is 3.22. The second-order valence-electron chi connectivity index (χ2n) is 5.54. The maximum Gasteiger partial charge on any atom is 0.256 e. The van der Waals surface area contributed by atoms with Gasteiger partial charge in [0, 0.05) is 13.0 Å². The first-order chi connectivity index (χ1) is 9.61. The van der Waals surface area contributed by atoms with Crippen molar-refractivity contribution >= 4 is 5.82 Å². The van der Waals surface area contributed by atoms with E-state index in [9.17, 15) is 4.79 Å². The Labute approximate surface area is 118 Å². The van der Waals surface area contributed by atoms with Gasteiger partial charge in [-0.15, -0.1) is 0 Å². The molecule has 0 bridgehead atoms. The largest absolute Gasteiger partial charge is 0.370 e. The summed E-state index contributed by atoms with van der Waals surface area (Å²) in [5.74, 6) is 1.49. The second kappa shape index (κ2) is 5.12. The van der Waals surface area contributed by atoms with E-state index in [1.165, 1.54) is 16.7 Å². The van der Waals surface area contributed by atoms with Gasteiger partial charge in [0.1, 0.15) is 11.6 Å². The van der Waals surface area contributed by atoms with Crippen LogP contribution in [-0.2, 0) is 12.8 Å². The van der Waals surface area contributed by atoms with Crippen LogP contribution in [0.15, 0.2) is 23.0 Å². The minimum atomic E-state index is 0.00146. The van der Waals surface area contributed by atoms with Crippen molar-refractivity contribution in [3.63, 3.8) is 0 Å². The van der Waals surface area contributed by atoms with Gasteiger partial charge in [0.2, 0.25) is 0 Å². The number of fused-ring (bicyclic) bond motifs is 1. The summed E-state index contributed by atoms with van der Waals surface area (Å²) in [7, 11) is 0. The normalized spacial score (nSPS) is 13.7. The third-order valence-corrected chi connectivity index (χ3v) is 3.61. The lowest BCUT2D eigenvalue weighted by atomic mass is 10.0. The Morgan fingerprint density at radius 1 is 1.20 bits per heavy atom. The highest BCUT2D eigenvalue weighted by Crippen LogP contribution is 2.17. The molecule has 20 heavy (non-hydrogen) atoms. The number of aryl methyl sites for hydroxylation is 2. The molecule has 2 N–H and O–H groups in total. The van der Waals surface area contributed by atoms with Crippen LogP contribution in [-0.4, -0.2) is 16.5 Å². The van der Waals surface area contributed by atoms with Gasteiger partial charge in [0.25, 0.3) is 5.56 Å². The van der Waals surface area contributed by atoms with Crippen LogP contribution in [0.25, 0.3) is 0 Å². The molecule has 0 spiro atoms. The molecule has 4 nitrogen and oxygen atoms in total. The first-order valence-electron chi connectivity index (χ1n) is 7.05. The summed E-state index contributed by atoms with van der Waals surface area (Å²) >= 11 is 0. The van der Waals surface area contributed by atoms with Gasteiger partial charge in [0.05, 0.1) is 5.56 Å². The number of nitrogens with zero attached hydrogens (tertiary/aromatic N) is 1. The fourth-order valence-electron chi connectivity index (χ4n) is 2.84. The zero-order valence-corrected chi connectivity index (χ0v) is 11.9. The monoisotopic (exact) mass is 269 g/mol. The average molecular weight is 269 g/mol. The molecular weight excluding hydrogens is 250 g/mol. The van der Waals surface area contributed by atoms with Gasteiger partial charge in [-0.3, -0.25) is 4.79 Å². The molecule has 2 aromatic rings. The van der Waals surface area contributed by atoms with E-state index in [0.717, 1.165) is 36.6 Å². The Kier molecular flexibility index (Phi) is 3.30. The Bertz CT molecular complexity index is 683. The summed E-state index contributed by atoms with van der Waals surface area (Å²) in [6, 6.07) is 6.42. The van der Waals surface area contributed by atoms with Gasteiger partial charge in [-0.05, 0) is 32.3 Å². The van der Waals surface area contributed by atoms with Gasteiger partial charge in [0.15, 0.2) is 0 Å². The number of hydrogen-bond donors (Lipinski definition) is 2. The molecule has 1 aromatic heterocycles. The van der Waals surface area contributed by atoms with Gasteiger partial charge < -0.3 is 10.3 Å². The molecule has 3 rings (SSSR count). The van der Waals surface area contributed by atoms with Crippen LogP contribution in [0.1, 0.15) is 34.5 Å². The molecular formula is C16H19N3O. The van der Waals surface area contributed by atoms with Crippen LogP contribution in [0.4, 0.5) is 5.82 Å². The summed E-state index contributed by atoms with van der Waals surface area (Å²) in [6.45, 7) is 5.06. The average Bonchev–Trinajstić information content (AvgIpc) is 2.37. The number of rotatable bonds is 2. The molecule has 0 radical (unpaired) electrons. The Morgan fingerprint density at radius 2 is 1.95 bits per heavy atom. The summed E-state index contributed by atoms with van der Waals surface area (Å²) < 4.78 is 0. The lowest BCUT2D eigenvalue weighted by Crippen LogP contribution is -2.25. The molecule has 4 heteroatoms. The standard InChI is InChI=1S/C16H19N3O/c1-10-6-11(2)8-12(7-10)9-14-18-15-13(16(20)19-14)4-3-5-17-15/h6-8H,3-5,9H2,1-2H3,(H2,17,18,19,20). The van der Waals surface area contributed by atoms with Gasteiger partial charge in [-0.1, -0.05) is 29.3 Å². The highest BCUT2D eigenvalue weighted by Gasteiger charge is 2.15. The zero-order chi connectivity index (χ0) is 14.1. The number of anilines is 1. The van der Waals surface area contributed by atoms with E-state index in [0.29, 0.717) is 6.42 Å². The number of H-pyrrole nitrogens is 1. The molecule has 0 saturated carbocycles. The van der Waals surface area contributed by atoms with Crippen LogP contribution in [0.2, 0.25) is 0 Å². The molecule has 0 saturated heterocycles. The molecule has 1 aliphatic rings. The predicted molar refractivity (Wildman–Crippen MR) is 80.4 cm³/mol. The van der Waals surface area contributed by atoms with Crippen molar-refractivity contribution in [1.29, 1.82) is 0 Å². The molecule has 0 aliphatic carbocycles. The first kappa shape index (κ1) is 12.9. The van der Waals surface area contributed by atoms with Crippen LogP contribution < -0.4 is 10.9 Å². The van der Waals surface area contributed by atoms with Crippen LogP contribution in [0.5, 0.6) is 0 Å². The fraction of sp³-hybridized carbons (Fsp3) is 0.375. The highest BCUT2D eigenvalue weighted by molar-refractivity contribution is 5.45. The Morgan fingerprint density at radius 3 is 2.70 bits per heavy atom. The van der Waals surface area contributed by atoms with Crippen molar-refractivity contribution in [2.75, 3.05) is 11.9 Å². The topological polar surface area (TPSA) is 57.8 Å². The maximum absolute atomic E-state index is 12.1. The van der Waals surface area contributed by atoms with Crippen molar-refractivity contribution in [3.05, 3.63) is 56.6 Å². The summed E-state index contributed by atoms with van der Waals surface area (Å²) in [4.78, 5) is 19.6. The zero-order valence-electron chi connectivity index (χ0n) is 11.9. The number of nitrogens with one attached hydrogen (secondary N) is 2. The van der Waals surface area contributed by atoms with Crippen molar-refractivity contribution in [2.24, 2.45) is 0 Å². The van der Waals surface area contributed by atoms with Gasteiger partial charge >= 0.3 is 0 Å². The van der Waals surface area contributed by atoms with Crippen molar-refractivity contribution in [2.45, 2.75) is 33.1 Å². The third-order valence-electron chi connectivity index (χ3n) is 3.61. The van der Waals surface area contributed by atoms with E-state index < -0.39 is 0 Å². The molecule has 1 aromatic carbocycles. The number of aromatic amines is 1. The minimum Gasteiger partial charge on any atom is -0.370 e. The van der Waals surface area contributed by atoms with E-state index in [1.54, 1.807) is 0 Å². The molecule has 0 unspecified atom stereocenters. The second-order valence-corrected chi connectivity index (χ2v) is 5.54. The summed E-state index contributed by atoms with van der Waals surface area (Å²) in [5.41, 5.74) is 4.44. The smallest absolute Gasteiger partial charge is 0.256 e. The van der Waals surface area contributed by atoms with Crippen molar-refractivity contribution in [3.8, 4) is 0 Å². The lowest BCUT2D eigenvalue weighted by molar-refractivity contribution is 0.783. The lowest BCUT2D eigenvalue weighted by Gasteiger charge is -2.16. The van der Waals surface area contributed by atoms with Crippen LogP contribution >= 0.6 is 0 Å². The highest BCUT2D eigenvalue weighted by atomic mass is 16.1. The summed E-state index contributed by atoms with van der Waals surface area (Å²) in [6.07, 6.45) is 2.47. The fourth-order valence-corrected chi connectivity index (χ4v) is 2.84. The Balaban J connectivity index is 1.95. The van der Waals surface area contributed by atoms with Crippen LogP contribution in [0, 0.1) is 13.8 Å². The van der Waals surface area contributed by atoms with Crippen molar-refractivity contribution < 1.29 is 0 Å². The Hall–Kier alpha value is -2.10. The maximum atomic E-state index is 12.1. The van der Waals surface area contributed by atoms with Crippen LogP contribution in [0.3, 0.4) is 0 Å². The number of benzene rings is 1. The van der Waals surface area contributed by atoms with E-state index in [-0.39, 0.29) is 5.56 Å². The number of hydrogen-bond acceptors (Lipinski definition) is 3. The number of aromatic nitrogens is 2. The van der Waals surface area contributed by atoms with E-state index in [1.807, 2.05) is 0 Å². The minimum absolute atomic E-state index is 0.00146. The van der Waals surface area contributed by atoms with Gasteiger partial charge in [-0.25, -0.2) is 4.98 Å². The molecule has 0 fully saturated rings.